The van der Waals surface area contributed by atoms with Crippen molar-refractivity contribution >= 4 is 15.9 Å². The van der Waals surface area contributed by atoms with Gasteiger partial charge in [0.25, 0.3) is 0 Å². The van der Waals surface area contributed by atoms with Gasteiger partial charge in [-0.25, -0.2) is 0 Å². The van der Waals surface area contributed by atoms with Crippen molar-refractivity contribution in [2.75, 3.05) is 13.7 Å². The summed E-state index contributed by atoms with van der Waals surface area (Å²) in [6.07, 6.45) is 0. The van der Waals surface area contributed by atoms with Gasteiger partial charge in [0.15, 0.2) is 0 Å². The molecule has 0 bridgehead atoms. The molecule has 78 valence electrons. The molecule has 0 spiro atoms. The molecule has 1 aromatic rings. The number of phenolic OH excluding ortho intramolecular Hbond substituents is 1. The van der Waals surface area contributed by atoms with Crippen molar-refractivity contribution in [2.45, 2.75) is 6.04 Å². The second-order valence-electron chi connectivity index (χ2n) is 2.84. The maximum atomic E-state index is 9.63. The van der Waals surface area contributed by atoms with E-state index in [4.69, 9.17) is 15.6 Å². The lowest BCUT2D eigenvalue weighted by atomic mass is 10.1. The number of rotatable bonds is 3. The third-order valence-electron chi connectivity index (χ3n) is 1.90. The summed E-state index contributed by atoms with van der Waals surface area (Å²) in [6, 6.07) is 2.62. The second kappa shape index (κ2) is 4.63. The zero-order chi connectivity index (χ0) is 10.7. The van der Waals surface area contributed by atoms with Crippen LogP contribution < -0.4 is 10.5 Å². The number of aromatic hydroxyl groups is 1. The van der Waals surface area contributed by atoms with Gasteiger partial charge in [0, 0.05) is 5.56 Å². The van der Waals surface area contributed by atoms with E-state index >= 15 is 0 Å². The van der Waals surface area contributed by atoms with E-state index < -0.39 is 6.04 Å². The van der Waals surface area contributed by atoms with Crippen molar-refractivity contribution in [1.82, 2.24) is 0 Å². The fourth-order valence-corrected chi connectivity index (χ4v) is 1.55. The quantitative estimate of drug-likeness (QED) is 0.763. The summed E-state index contributed by atoms with van der Waals surface area (Å²) in [5.41, 5.74) is 6.06. The monoisotopic (exact) mass is 261 g/mol. The number of benzene rings is 1. The van der Waals surface area contributed by atoms with Crippen LogP contribution in [0.15, 0.2) is 16.6 Å². The minimum atomic E-state index is -0.610. The third kappa shape index (κ3) is 2.17. The predicted octanol–water partition coefficient (Wildman–Crippen LogP) is 1.16. The average Bonchev–Trinajstić information content (AvgIpc) is 2.20. The van der Waals surface area contributed by atoms with Crippen molar-refractivity contribution in [2.24, 2.45) is 5.73 Å². The zero-order valence-corrected chi connectivity index (χ0v) is 9.28. The molecule has 4 N–H and O–H groups in total. The van der Waals surface area contributed by atoms with Crippen LogP contribution in [-0.2, 0) is 0 Å². The molecule has 0 aromatic heterocycles. The Balaban J connectivity index is 3.20. The maximum absolute atomic E-state index is 9.63. The Morgan fingerprint density at radius 1 is 1.57 bits per heavy atom. The maximum Gasteiger partial charge on any atom is 0.134 e. The summed E-state index contributed by atoms with van der Waals surface area (Å²) < 4.78 is 5.50. The fraction of sp³-hybridized carbons (Fsp3) is 0.333. The highest BCUT2D eigenvalue weighted by Gasteiger charge is 2.14. The molecule has 0 aliphatic carbocycles. The second-order valence-corrected chi connectivity index (χ2v) is 3.69. The summed E-state index contributed by atoms with van der Waals surface area (Å²) in [4.78, 5) is 0. The molecule has 5 heteroatoms. The van der Waals surface area contributed by atoms with E-state index in [1.54, 1.807) is 12.1 Å². The van der Waals surface area contributed by atoms with Gasteiger partial charge in [-0.1, -0.05) is 0 Å². The van der Waals surface area contributed by atoms with E-state index in [2.05, 4.69) is 15.9 Å². The molecule has 4 nitrogen and oxygen atoms in total. The van der Waals surface area contributed by atoms with Gasteiger partial charge >= 0.3 is 0 Å². The molecule has 0 saturated heterocycles. The van der Waals surface area contributed by atoms with Crippen molar-refractivity contribution < 1.29 is 14.9 Å². The Morgan fingerprint density at radius 2 is 2.21 bits per heavy atom. The van der Waals surface area contributed by atoms with E-state index in [1.807, 2.05) is 0 Å². The summed E-state index contributed by atoms with van der Waals surface area (Å²) in [7, 11) is 1.52. The summed E-state index contributed by atoms with van der Waals surface area (Å²) >= 11 is 3.17. The van der Waals surface area contributed by atoms with Crippen molar-refractivity contribution in [1.29, 1.82) is 0 Å². The number of methoxy groups -OCH3 is 1. The van der Waals surface area contributed by atoms with Gasteiger partial charge in [0.05, 0.1) is 24.2 Å². The van der Waals surface area contributed by atoms with Gasteiger partial charge in [-0.3, -0.25) is 0 Å². The van der Waals surface area contributed by atoms with Crippen LogP contribution in [0.4, 0.5) is 0 Å². The van der Waals surface area contributed by atoms with Crippen LogP contribution in [0, 0.1) is 0 Å². The Labute approximate surface area is 90.4 Å². The lowest BCUT2D eigenvalue weighted by Gasteiger charge is -2.13. The van der Waals surface area contributed by atoms with Crippen LogP contribution in [0.1, 0.15) is 11.6 Å². The number of ether oxygens (including phenoxy) is 1. The molecule has 1 rings (SSSR count). The van der Waals surface area contributed by atoms with Gasteiger partial charge in [-0.05, 0) is 28.1 Å². The van der Waals surface area contributed by atoms with Gasteiger partial charge in [-0.2, -0.15) is 0 Å². The Kier molecular flexibility index (Phi) is 3.74. The summed E-state index contributed by atoms with van der Waals surface area (Å²) in [6.45, 7) is -0.229. The van der Waals surface area contributed by atoms with Crippen LogP contribution in [-0.4, -0.2) is 23.9 Å². The molecule has 14 heavy (non-hydrogen) atoms. The van der Waals surface area contributed by atoms with E-state index in [-0.39, 0.29) is 12.4 Å². The van der Waals surface area contributed by atoms with Crippen LogP contribution in [0.25, 0.3) is 0 Å². The molecule has 0 saturated carbocycles. The number of aliphatic hydroxyl groups is 1. The SMILES string of the molecule is COc1cc(Br)c(O)c([C@H](N)CO)c1. The van der Waals surface area contributed by atoms with Crippen LogP contribution in [0.5, 0.6) is 11.5 Å². The highest BCUT2D eigenvalue weighted by atomic mass is 79.9. The number of hydrogen-bond donors (Lipinski definition) is 3. The molecule has 0 aliphatic rings. The molecule has 0 amide bonds. The summed E-state index contributed by atoms with van der Waals surface area (Å²) in [5, 5.41) is 18.5. The van der Waals surface area contributed by atoms with Crippen molar-refractivity contribution in [3.8, 4) is 11.5 Å². The van der Waals surface area contributed by atoms with Gasteiger partial charge in [-0.15, -0.1) is 0 Å². The average molecular weight is 262 g/mol. The molecule has 1 atom stereocenters. The van der Waals surface area contributed by atoms with E-state index in [9.17, 15) is 5.11 Å². The number of hydrogen-bond acceptors (Lipinski definition) is 4. The first kappa shape index (κ1) is 11.3. The summed E-state index contributed by atoms with van der Waals surface area (Å²) in [5.74, 6) is 0.612. The molecular formula is C9H12BrNO3. The molecular weight excluding hydrogens is 250 g/mol. The van der Waals surface area contributed by atoms with Crippen LogP contribution in [0.3, 0.4) is 0 Å². The fourth-order valence-electron chi connectivity index (χ4n) is 1.09. The standard InChI is InChI=1S/C9H12BrNO3/c1-14-5-2-6(8(11)4-12)9(13)7(10)3-5/h2-3,8,12-13H,4,11H2,1H3/t8-/m1/s1. The molecule has 0 aliphatic heterocycles. The van der Waals surface area contributed by atoms with E-state index in [0.717, 1.165) is 0 Å². The number of nitrogens with two attached hydrogens (primary N) is 1. The number of halogens is 1. The van der Waals surface area contributed by atoms with Gasteiger partial charge in [0.2, 0.25) is 0 Å². The van der Waals surface area contributed by atoms with E-state index in [1.165, 1.54) is 7.11 Å². The first-order chi connectivity index (χ1) is 6.60. The van der Waals surface area contributed by atoms with Crippen molar-refractivity contribution in [3.05, 3.63) is 22.2 Å². The molecule has 0 fully saturated rings. The lowest BCUT2D eigenvalue weighted by molar-refractivity contribution is 0.264. The Hall–Kier alpha value is -0.780. The predicted molar refractivity (Wildman–Crippen MR) is 56.4 cm³/mol. The molecule has 0 unspecified atom stereocenters. The first-order valence-electron chi connectivity index (χ1n) is 4.03. The number of phenols is 1. The van der Waals surface area contributed by atoms with Crippen LogP contribution >= 0.6 is 15.9 Å². The molecule has 1 aromatic carbocycles. The Morgan fingerprint density at radius 3 is 2.71 bits per heavy atom. The van der Waals surface area contributed by atoms with Crippen LogP contribution in [0.2, 0.25) is 0 Å². The van der Waals surface area contributed by atoms with Gasteiger partial charge < -0.3 is 20.7 Å². The topological polar surface area (TPSA) is 75.7 Å². The largest absolute Gasteiger partial charge is 0.506 e. The smallest absolute Gasteiger partial charge is 0.134 e. The van der Waals surface area contributed by atoms with Gasteiger partial charge in [0.1, 0.15) is 11.5 Å². The normalized spacial score (nSPS) is 12.6. The van der Waals surface area contributed by atoms with E-state index in [0.29, 0.717) is 15.8 Å². The molecule has 0 radical (unpaired) electrons. The highest BCUT2D eigenvalue weighted by molar-refractivity contribution is 9.10. The molecule has 0 heterocycles. The minimum Gasteiger partial charge on any atom is -0.506 e. The third-order valence-corrected chi connectivity index (χ3v) is 2.50. The van der Waals surface area contributed by atoms with Crippen molar-refractivity contribution in [3.63, 3.8) is 0 Å². The lowest BCUT2D eigenvalue weighted by Crippen LogP contribution is -2.14. The minimum absolute atomic E-state index is 0.0346. The Bertz CT molecular complexity index is 330. The first-order valence-corrected chi connectivity index (χ1v) is 4.82. The number of aliphatic hydroxyl groups excluding tert-OH is 1. The zero-order valence-electron chi connectivity index (χ0n) is 7.70. The highest BCUT2D eigenvalue weighted by Crippen LogP contribution is 2.35.